The van der Waals surface area contributed by atoms with Gasteiger partial charge in [-0.3, -0.25) is 9.55 Å². The van der Waals surface area contributed by atoms with Gasteiger partial charge in [-0.05, 0) is 109 Å². The third kappa shape index (κ3) is 8.17. The van der Waals surface area contributed by atoms with Gasteiger partial charge in [0.2, 0.25) is 0 Å². The van der Waals surface area contributed by atoms with Crippen LogP contribution in [0.25, 0.3) is 83.9 Å². The maximum Gasteiger partial charge on any atom is 0.149 e. The largest absolute Gasteiger partial charge is 0.507 e. The van der Waals surface area contributed by atoms with Crippen LogP contribution in [0.15, 0.2) is 176 Å². The number of aromatic nitrogens is 3. The molecule has 0 aliphatic heterocycles. The van der Waals surface area contributed by atoms with Crippen LogP contribution in [0, 0.1) is 0 Å². The molecule has 9 aromatic rings. The smallest absolute Gasteiger partial charge is 0.149 e. The van der Waals surface area contributed by atoms with Crippen molar-refractivity contribution in [3.63, 3.8) is 0 Å². The number of nitrogens with zero attached hydrogens (tertiary/aromatic N) is 3. The van der Waals surface area contributed by atoms with Crippen molar-refractivity contribution in [1.82, 2.24) is 14.5 Å². The molecule has 318 valence electrons. The summed E-state index contributed by atoms with van der Waals surface area (Å²) < 4.78 is 2.29. The molecule has 4 heteroatoms. The van der Waals surface area contributed by atoms with Crippen LogP contribution in [-0.4, -0.2) is 19.6 Å². The zero-order chi connectivity index (χ0) is 45.0. The number of fused-ring (bicyclic) bond motifs is 1. The summed E-state index contributed by atoms with van der Waals surface area (Å²) in [6, 6.07) is 60.3. The Morgan fingerprint density at radius 2 is 0.984 bits per heavy atom. The molecule has 64 heavy (non-hydrogen) atoms. The molecule has 0 aliphatic carbocycles. The molecular weight excluding hydrogens is 779 g/mol. The van der Waals surface area contributed by atoms with Gasteiger partial charge in [0, 0.05) is 28.5 Å². The molecule has 2 heterocycles. The fraction of sp³-hybridized carbons (Fsp3) is 0.200. The predicted molar refractivity (Wildman–Crippen MR) is 269 cm³/mol. The van der Waals surface area contributed by atoms with Crippen LogP contribution in [0.5, 0.6) is 5.75 Å². The minimum absolute atomic E-state index is 0.167. The topological polar surface area (TPSA) is 50.9 Å². The number of phenolic OH excluding ortho intramolecular Hbond substituents is 1. The molecular formula is C60H57N3O. The van der Waals surface area contributed by atoms with Crippen molar-refractivity contribution in [2.75, 3.05) is 0 Å². The highest BCUT2D eigenvalue weighted by molar-refractivity contribution is 6.01. The standard InChI is InChI=1S/C60H57N3O/c1-58(2,3)46-32-44(31-45(33-46)52-35-42(29-30-61-52)39-21-13-10-14-22-39)49-34-43(40-23-15-11-16-24-40)36-54-55(49)62-57(50-37-47(59(4,5)6)38-51(56(50)64)60(7,8)9)63(54)53-28-20-19-27-48(53)41-25-17-12-18-26-41/h10-38,64H,1-9H3. The Kier molecular flexibility index (Phi) is 10.7. The quantitative estimate of drug-likeness (QED) is 0.174. The highest BCUT2D eigenvalue weighted by atomic mass is 16.3. The molecule has 0 amide bonds. The van der Waals surface area contributed by atoms with Crippen molar-refractivity contribution in [2.45, 2.75) is 78.6 Å². The minimum atomic E-state index is -0.333. The van der Waals surface area contributed by atoms with E-state index in [9.17, 15) is 5.11 Å². The fourth-order valence-corrected chi connectivity index (χ4v) is 8.72. The lowest BCUT2D eigenvalue weighted by Crippen LogP contribution is -2.17. The summed E-state index contributed by atoms with van der Waals surface area (Å²) in [5.41, 5.74) is 16.6. The fourth-order valence-electron chi connectivity index (χ4n) is 8.72. The second-order valence-corrected chi connectivity index (χ2v) is 20.2. The van der Waals surface area contributed by atoms with E-state index in [0.717, 1.165) is 83.6 Å². The minimum Gasteiger partial charge on any atom is -0.507 e. The number of hydrogen-bond donors (Lipinski definition) is 1. The Labute approximate surface area is 379 Å². The molecule has 0 bridgehead atoms. The van der Waals surface area contributed by atoms with Crippen molar-refractivity contribution < 1.29 is 5.11 Å². The summed E-state index contributed by atoms with van der Waals surface area (Å²) >= 11 is 0. The highest BCUT2D eigenvalue weighted by Gasteiger charge is 2.30. The van der Waals surface area contributed by atoms with Crippen LogP contribution >= 0.6 is 0 Å². The number of para-hydroxylation sites is 1. The molecule has 2 aromatic heterocycles. The zero-order valence-corrected chi connectivity index (χ0v) is 38.5. The van der Waals surface area contributed by atoms with E-state index < -0.39 is 0 Å². The number of imidazole rings is 1. The summed E-state index contributed by atoms with van der Waals surface area (Å²) in [6.45, 7) is 20.0. The molecule has 0 atom stereocenters. The van der Waals surface area contributed by atoms with Crippen molar-refractivity contribution >= 4 is 11.0 Å². The van der Waals surface area contributed by atoms with Gasteiger partial charge in [0.1, 0.15) is 11.6 Å². The van der Waals surface area contributed by atoms with Gasteiger partial charge in [0.05, 0.1) is 28.0 Å². The zero-order valence-electron chi connectivity index (χ0n) is 38.5. The van der Waals surface area contributed by atoms with Gasteiger partial charge in [0.25, 0.3) is 0 Å². The molecule has 0 aliphatic rings. The lowest BCUT2D eigenvalue weighted by atomic mass is 9.79. The van der Waals surface area contributed by atoms with Gasteiger partial charge in [0.15, 0.2) is 0 Å². The van der Waals surface area contributed by atoms with Gasteiger partial charge in [-0.1, -0.05) is 184 Å². The molecule has 0 radical (unpaired) electrons. The summed E-state index contributed by atoms with van der Waals surface area (Å²) in [5.74, 6) is 0.934. The maximum absolute atomic E-state index is 12.6. The van der Waals surface area contributed by atoms with Crippen LogP contribution in [-0.2, 0) is 16.2 Å². The molecule has 0 spiro atoms. The van der Waals surface area contributed by atoms with Gasteiger partial charge >= 0.3 is 0 Å². The number of aromatic hydroxyl groups is 1. The molecule has 0 fully saturated rings. The van der Waals surface area contributed by atoms with E-state index in [0.29, 0.717) is 11.4 Å². The first-order valence-corrected chi connectivity index (χ1v) is 22.4. The first-order valence-electron chi connectivity index (χ1n) is 22.4. The summed E-state index contributed by atoms with van der Waals surface area (Å²) in [6.07, 6.45) is 1.91. The number of benzene rings is 7. The van der Waals surface area contributed by atoms with Crippen LogP contribution in [0.4, 0.5) is 0 Å². The normalized spacial score (nSPS) is 12.2. The summed E-state index contributed by atoms with van der Waals surface area (Å²) in [5, 5.41) is 12.6. The van der Waals surface area contributed by atoms with E-state index in [4.69, 9.17) is 9.97 Å². The van der Waals surface area contributed by atoms with Crippen LogP contribution in [0.2, 0.25) is 0 Å². The van der Waals surface area contributed by atoms with E-state index in [1.807, 2.05) is 12.3 Å². The maximum atomic E-state index is 12.6. The third-order valence-corrected chi connectivity index (χ3v) is 12.4. The average Bonchev–Trinajstić information content (AvgIpc) is 3.67. The lowest BCUT2D eigenvalue weighted by molar-refractivity contribution is 0.446. The number of hydrogen-bond acceptors (Lipinski definition) is 3. The second kappa shape index (κ2) is 16.3. The van der Waals surface area contributed by atoms with E-state index >= 15 is 0 Å². The van der Waals surface area contributed by atoms with Crippen LogP contribution < -0.4 is 0 Å². The number of pyridine rings is 1. The summed E-state index contributed by atoms with van der Waals surface area (Å²) in [4.78, 5) is 10.7. The number of rotatable bonds is 7. The van der Waals surface area contributed by atoms with Crippen LogP contribution in [0.3, 0.4) is 0 Å². The summed E-state index contributed by atoms with van der Waals surface area (Å²) in [7, 11) is 0. The Hall–Kier alpha value is -7.04. The van der Waals surface area contributed by atoms with Crippen LogP contribution in [0.1, 0.15) is 79.0 Å². The predicted octanol–water partition coefficient (Wildman–Crippen LogP) is 16.0. The molecule has 9 rings (SSSR count). The van der Waals surface area contributed by atoms with E-state index in [1.165, 1.54) is 5.56 Å². The van der Waals surface area contributed by atoms with Crippen molar-refractivity contribution in [3.05, 3.63) is 193 Å². The molecule has 0 saturated carbocycles. The average molecular weight is 836 g/mol. The molecule has 7 aromatic carbocycles. The molecule has 0 saturated heterocycles. The lowest BCUT2D eigenvalue weighted by Gasteiger charge is -2.27. The Morgan fingerprint density at radius 3 is 1.61 bits per heavy atom. The molecule has 0 unspecified atom stereocenters. The SMILES string of the molecule is CC(C)(C)c1cc(-c2cc(-c3ccccc3)ccn2)cc(-c2cc(-c3ccccc3)cc3c2nc(-c2cc(C(C)(C)C)cc(C(C)(C)C)c2O)n3-c2ccccc2-c2ccccc2)c1. The monoisotopic (exact) mass is 835 g/mol. The Balaban J connectivity index is 1.42. The van der Waals surface area contributed by atoms with Gasteiger partial charge in [-0.15, -0.1) is 0 Å². The Morgan fingerprint density at radius 1 is 0.422 bits per heavy atom. The van der Waals surface area contributed by atoms with Crippen molar-refractivity contribution in [1.29, 1.82) is 0 Å². The van der Waals surface area contributed by atoms with Gasteiger partial charge < -0.3 is 5.11 Å². The second-order valence-electron chi connectivity index (χ2n) is 20.2. The van der Waals surface area contributed by atoms with E-state index in [2.05, 4.69) is 231 Å². The Bertz CT molecular complexity index is 3140. The number of phenols is 1. The van der Waals surface area contributed by atoms with Crippen molar-refractivity contribution in [2.24, 2.45) is 0 Å². The first-order chi connectivity index (χ1) is 30.5. The van der Waals surface area contributed by atoms with E-state index in [1.54, 1.807) is 0 Å². The van der Waals surface area contributed by atoms with E-state index in [-0.39, 0.29) is 22.0 Å². The van der Waals surface area contributed by atoms with Gasteiger partial charge in [-0.25, -0.2) is 4.98 Å². The van der Waals surface area contributed by atoms with Crippen molar-refractivity contribution in [3.8, 4) is 78.6 Å². The highest BCUT2D eigenvalue weighted by Crippen LogP contribution is 2.47. The molecule has 1 N–H and O–H groups in total. The molecule has 4 nitrogen and oxygen atoms in total. The first kappa shape index (κ1) is 42.3. The van der Waals surface area contributed by atoms with Gasteiger partial charge in [-0.2, -0.15) is 0 Å². The third-order valence-electron chi connectivity index (χ3n) is 12.4.